The van der Waals surface area contributed by atoms with E-state index >= 15 is 0 Å². The van der Waals surface area contributed by atoms with Gasteiger partial charge in [-0.15, -0.1) is 0 Å². The average Bonchev–Trinajstić information content (AvgIpc) is 3.67. The van der Waals surface area contributed by atoms with Crippen LogP contribution in [-0.4, -0.2) is 59.7 Å². The lowest BCUT2D eigenvalue weighted by Crippen LogP contribution is -3.00. The summed E-state index contributed by atoms with van der Waals surface area (Å²) in [6.45, 7) is 11.9. The van der Waals surface area contributed by atoms with Gasteiger partial charge in [0.05, 0.1) is 26.1 Å². The van der Waals surface area contributed by atoms with Gasteiger partial charge in [0.15, 0.2) is 12.3 Å². The third-order valence-corrected chi connectivity index (χ3v) is 14.0. The summed E-state index contributed by atoms with van der Waals surface area (Å²) >= 11 is 7.56. The zero-order valence-corrected chi connectivity index (χ0v) is 41.4. The number of benzene rings is 2. The minimum absolute atomic E-state index is 0. The van der Waals surface area contributed by atoms with Gasteiger partial charge in [-0.2, -0.15) is 4.58 Å². The molecule has 8 nitrogen and oxygen atoms in total. The maximum absolute atomic E-state index is 12.1. The van der Waals surface area contributed by atoms with Gasteiger partial charge in [-0.1, -0.05) is 116 Å². The number of rotatable bonds is 24. The molecule has 1 aliphatic carbocycles. The molecule has 0 fully saturated rings. The van der Waals surface area contributed by atoms with E-state index in [1.165, 1.54) is 11.1 Å². The molecule has 10 heteroatoms. The second kappa shape index (κ2) is 23.9. The van der Waals surface area contributed by atoms with Crippen LogP contribution in [0.2, 0.25) is 0 Å². The molecule has 2 N–H and O–H groups in total. The minimum Gasteiger partial charge on any atom is -1.00 e. The number of hydrogen-bond acceptors (Lipinski definition) is 5. The van der Waals surface area contributed by atoms with Crippen LogP contribution in [0.25, 0.3) is 0 Å². The summed E-state index contributed by atoms with van der Waals surface area (Å²) in [5.41, 5.74) is 8.46. The van der Waals surface area contributed by atoms with E-state index in [1.54, 1.807) is 14.2 Å². The maximum atomic E-state index is 12.1. The Labute approximate surface area is 394 Å². The first kappa shape index (κ1) is 51.1. The van der Waals surface area contributed by atoms with E-state index in [-0.39, 0.29) is 47.6 Å². The number of allylic oxidation sites excluding steroid dienone is 8. The van der Waals surface area contributed by atoms with Crippen molar-refractivity contribution >= 4 is 40.6 Å². The third-order valence-electron chi connectivity index (χ3n) is 13.6. The lowest BCUT2D eigenvalue weighted by molar-refractivity contribution is -0.436. The highest BCUT2D eigenvalue weighted by atomic mass is 127. The smallest absolute Gasteiger partial charge is 0.309 e. The van der Waals surface area contributed by atoms with Crippen LogP contribution in [0.1, 0.15) is 155 Å². The van der Waals surface area contributed by atoms with Crippen molar-refractivity contribution in [2.24, 2.45) is 5.92 Å². The summed E-state index contributed by atoms with van der Waals surface area (Å²) in [5.74, 6) is 0.390. The number of fused-ring (bicyclic) bond motifs is 2. The number of methoxy groups -OCH3 is 2. The Morgan fingerprint density at radius 2 is 1.34 bits per heavy atom. The number of aliphatic carboxylic acids is 2. The second-order valence-corrected chi connectivity index (χ2v) is 17.8. The largest absolute Gasteiger partial charge is 1.00 e. The van der Waals surface area contributed by atoms with E-state index in [0.717, 1.165) is 147 Å². The molecule has 0 saturated heterocycles. The van der Waals surface area contributed by atoms with Gasteiger partial charge in [0.2, 0.25) is 5.69 Å². The molecule has 2 heterocycles. The van der Waals surface area contributed by atoms with Crippen LogP contribution in [0.3, 0.4) is 0 Å². The molecule has 62 heavy (non-hydrogen) atoms. The summed E-state index contributed by atoms with van der Waals surface area (Å²) in [7, 11) is 3.41. The molecule has 340 valence electrons. The van der Waals surface area contributed by atoms with Gasteiger partial charge in [-0.3, -0.25) is 9.59 Å². The molecule has 1 atom stereocenters. The molecule has 0 spiro atoms. The zero-order valence-electron chi connectivity index (χ0n) is 38.5. The van der Waals surface area contributed by atoms with E-state index in [4.69, 9.17) is 21.1 Å². The summed E-state index contributed by atoms with van der Waals surface area (Å²) in [6.07, 6.45) is 24.0. The van der Waals surface area contributed by atoms with Crippen LogP contribution in [0.5, 0.6) is 11.5 Å². The van der Waals surface area contributed by atoms with Crippen molar-refractivity contribution in [3.63, 3.8) is 0 Å². The van der Waals surface area contributed by atoms with Gasteiger partial charge in [-0.25, -0.2) is 0 Å². The fourth-order valence-electron chi connectivity index (χ4n) is 10.2. The lowest BCUT2D eigenvalue weighted by Gasteiger charge is -2.34. The quantitative estimate of drug-likeness (QED) is 0.0799. The highest BCUT2D eigenvalue weighted by Crippen LogP contribution is 2.55. The van der Waals surface area contributed by atoms with Crippen molar-refractivity contribution in [1.82, 2.24) is 0 Å². The monoisotopic (exact) mass is 982 g/mol. The summed E-state index contributed by atoms with van der Waals surface area (Å²) < 4.78 is 13.8. The van der Waals surface area contributed by atoms with Crippen LogP contribution >= 0.6 is 11.6 Å². The number of carboxylic acid groups (broad SMARTS) is 2. The lowest BCUT2D eigenvalue weighted by atomic mass is 9.70. The summed E-state index contributed by atoms with van der Waals surface area (Å²) in [5, 5.41) is 20.6. The van der Waals surface area contributed by atoms with E-state index in [9.17, 15) is 19.8 Å². The van der Waals surface area contributed by atoms with Crippen LogP contribution < -0.4 is 38.4 Å². The zero-order chi connectivity index (χ0) is 44.2. The van der Waals surface area contributed by atoms with Crippen LogP contribution in [0.4, 0.5) is 11.4 Å². The van der Waals surface area contributed by atoms with Gasteiger partial charge >= 0.3 is 11.9 Å². The van der Waals surface area contributed by atoms with Crippen molar-refractivity contribution in [2.45, 2.75) is 155 Å². The standard InChI is InChI=1S/C52H71ClN2O6.HI/c1-8-13-27-51(28-14-9-2)42-35-40(60-6)19-21-44(42)54(31-25-48(56)57)46(51)23-17-38-33-37(12-5)34-39(50(38)53)18-24-47-52(29-15-10-3,30-16-11-4)43-36-41(61-7)20-22-45(43)55(47)32-26-49(58)59;/h17-24,35-37H,8-16,25-34H2,1-7H3,(H-,56,57,58,59);1H. The van der Waals surface area contributed by atoms with Crippen molar-refractivity contribution in [3.8, 4) is 11.5 Å². The molecule has 0 saturated carbocycles. The molecule has 2 aliphatic heterocycles. The van der Waals surface area contributed by atoms with Crippen molar-refractivity contribution in [2.75, 3.05) is 32.2 Å². The number of carbonyl (C=O) groups is 2. The number of halogens is 2. The molecule has 2 aromatic rings. The molecule has 2 aromatic carbocycles. The molecule has 0 aromatic heterocycles. The fourth-order valence-corrected chi connectivity index (χ4v) is 10.5. The summed E-state index contributed by atoms with van der Waals surface area (Å²) in [6, 6.07) is 12.6. The summed E-state index contributed by atoms with van der Waals surface area (Å²) in [4.78, 5) is 26.4. The van der Waals surface area contributed by atoms with Gasteiger partial charge in [0.25, 0.3) is 0 Å². The number of ether oxygens (including phenoxy) is 2. The van der Waals surface area contributed by atoms with E-state index in [0.29, 0.717) is 19.0 Å². The molecule has 5 rings (SSSR count). The Balaban J connectivity index is 0.00000845. The highest BCUT2D eigenvalue weighted by molar-refractivity contribution is 6.32. The maximum Gasteiger partial charge on any atom is 0.309 e. The normalized spacial score (nSPS) is 19.0. The molecule has 0 radical (unpaired) electrons. The predicted molar refractivity (Wildman–Crippen MR) is 250 cm³/mol. The Morgan fingerprint density at radius 3 is 1.89 bits per heavy atom. The Kier molecular flexibility index (Phi) is 19.7. The Hall–Kier alpha value is -3.57. The van der Waals surface area contributed by atoms with Gasteiger partial charge in [-0.05, 0) is 97.6 Å². The SMILES string of the molecule is CCCCC1(CCCC)C(=CC=C2CC(CC)CC(C=CC3=[N+](CCC(=O)O)c4ccc(OC)cc4C3(CCCC)CCCC)=C2Cl)N(CCC(=O)O)c2ccc(OC)cc21.[I-]. The number of anilines is 1. The van der Waals surface area contributed by atoms with Crippen molar-refractivity contribution < 1.29 is 57.8 Å². The first-order chi connectivity index (χ1) is 29.5. The number of hydrogen-bond donors (Lipinski definition) is 2. The highest BCUT2D eigenvalue weighted by Gasteiger charge is 2.51. The first-order valence-electron chi connectivity index (χ1n) is 23.2. The first-order valence-corrected chi connectivity index (χ1v) is 23.6. The van der Waals surface area contributed by atoms with Crippen LogP contribution in [-0.2, 0) is 20.4 Å². The molecule has 1 unspecified atom stereocenters. The van der Waals surface area contributed by atoms with E-state index < -0.39 is 11.9 Å². The van der Waals surface area contributed by atoms with Gasteiger partial charge in [0, 0.05) is 46.1 Å². The Bertz CT molecular complexity index is 2020. The second-order valence-electron chi connectivity index (χ2n) is 17.4. The minimum atomic E-state index is -0.815. The van der Waals surface area contributed by atoms with E-state index in [1.807, 2.05) is 12.1 Å². The topological polar surface area (TPSA) is 99.3 Å². The molecule has 0 amide bonds. The molecular weight excluding hydrogens is 911 g/mol. The van der Waals surface area contributed by atoms with Crippen LogP contribution in [0, 0.1) is 5.92 Å². The average molecular weight is 984 g/mol. The molecule has 0 bridgehead atoms. The fraction of sp³-hybridized carbons (Fsp3) is 0.558. The molecule has 3 aliphatic rings. The van der Waals surface area contributed by atoms with E-state index in [2.05, 4.69) is 92.7 Å². The third kappa shape index (κ3) is 11.2. The van der Waals surface area contributed by atoms with Crippen molar-refractivity contribution in [1.29, 1.82) is 0 Å². The molecular formula is C52H72ClIN2O6. The number of carboxylic acids is 2. The van der Waals surface area contributed by atoms with Crippen LogP contribution in [0.15, 0.2) is 82.6 Å². The van der Waals surface area contributed by atoms with Gasteiger partial charge in [0.1, 0.15) is 17.9 Å². The predicted octanol–water partition coefficient (Wildman–Crippen LogP) is 10.2. The van der Waals surface area contributed by atoms with Crippen molar-refractivity contribution in [3.05, 3.63) is 93.7 Å². The van der Waals surface area contributed by atoms with Gasteiger partial charge < -0.3 is 48.6 Å². The number of nitrogens with zero attached hydrogens (tertiary/aromatic N) is 2. The number of unbranched alkanes of at least 4 members (excludes halogenated alkanes) is 4. The Morgan fingerprint density at radius 1 is 0.774 bits per heavy atom.